The molecule has 1 heterocycles. The molecule has 0 bridgehead atoms. The van der Waals surface area contributed by atoms with E-state index in [1.807, 2.05) is 0 Å². The largest absolute Gasteiger partial charge is 0.368 e. The minimum absolute atomic E-state index is 0.184. The van der Waals surface area contributed by atoms with Crippen molar-refractivity contribution < 1.29 is 4.79 Å². The van der Waals surface area contributed by atoms with Gasteiger partial charge in [0.25, 0.3) is 0 Å². The second-order valence-corrected chi connectivity index (χ2v) is 2.77. The molecule has 0 aliphatic carbocycles. The number of hydrogen-bond acceptors (Lipinski definition) is 3. The summed E-state index contributed by atoms with van der Waals surface area (Å²) in [5.74, 6) is -0.550. The second kappa shape index (κ2) is 3.86. The Morgan fingerprint density at radius 3 is 2.69 bits per heavy atom. The fraction of sp³-hybridized carbons (Fsp3) is 0.250. The summed E-state index contributed by atoms with van der Waals surface area (Å²) < 4.78 is 0. The van der Waals surface area contributed by atoms with Crippen LogP contribution >= 0.6 is 0 Å². The number of carbonyl (C=O) groups excluding carboxylic acids is 1. The van der Waals surface area contributed by atoms with Crippen molar-refractivity contribution in [2.45, 2.75) is 12.5 Å². The molecule has 0 radical (unpaired) electrons. The van der Waals surface area contributed by atoms with E-state index in [1.54, 1.807) is 6.07 Å². The zero-order valence-electron chi connectivity index (χ0n) is 6.99. The molecule has 1 atom stereocenters. The van der Waals surface area contributed by atoms with Crippen LogP contribution in [0.3, 0.4) is 0 Å². The second-order valence-electron chi connectivity index (χ2n) is 2.77. The van der Waals surface area contributed by atoms with Crippen LogP contribution in [-0.4, -0.2) is 16.9 Å². The lowest BCUT2D eigenvalue weighted by molar-refractivity contribution is -0.119. The molecule has 0 aromatic carbocycles. The molecule has 1 aromatic rings. The van der Waals surface area contributed by atoms with Gasteiger partial charge in [-0.25, -0.2) is 0 Å². The molecular formula is C8H11N3O2. The van der Waals surface area contributed by atoms with Crippen molar-refractivity contribution in [1.82, 2.24) is 4.98 Å². The molecule has 0 spiro atoms. The number of aromatic amines is 1. The molecule has 5 nitrogen and oxygen atoms in total. The molecule has 5 N–H and O–H groups in total. The molecular weight excluding hydrogens is 170 g/mol. The Bertz CT molecular complexity index is 338. The van der Waals surface area contributed by atoms with Gasteiger partial charge in [0.15, 0.2) is 0 Å². The predicted octanol–water partition coefficient (Wildman–Crippen LogP) is -1.27. The molecule has 1 rings (SSSR count). The number of hydrogen-bond donors (Lipinski definition) is 3. The number of nitrogens with two attached hydrogens (primary N) is 2. The van der Waals surface area contributed by atoms with Gasteiger partial charge >= 0.3 is 0 Å². The number of H-pyrrole nitrogens is 1. The Hall–Kier alpha value is -1.62. The average Bonchev–Trinajstić information content (AvgIpc) is 2.08. The molecule has 0 fully saturated rings. The number of aromatic nitrogens is 1. The van der Waals surface area contributed by atoms with E-state index in [4.69, 9.17) is 11.5 Å². The molecule has 1 aromatic heterocycles. The summed E-state index contributed by atoms with van der Waals surface area (Å²) in [5, 5.41) is 0. The molecule has 0 saturated carbocycles. The van der Waals surface area contributed by atoms with Gasteiger partial charge in [-0.2, -0.15) is 0 Å². The van der Waals surface area contributed by atoms with Crippen molar-refractivity contribution in [2.75, 3.05) is 0 Å². The van der Waals surface area contributed by atoms with Crippen molar-refractivity contribution in [3.05, 3.63) is 34.2 Å². The number of pyridine rings is 1. The Morgan fingerprint density at radius 1 is 1.54 bits per heavy atom. The lowest BCUT2D eigenvalue weighted by Gasteiger charge is -2.05. The maximum atomic E-state index is 10.7. The zero-order chi connectivity index (χ0) is 9.84. The molecule has 1 unspecified atom stereocenters. The standard InChI is InChI=1S/C8H11N3O2/c9-6(8(10)13)3-5-1-2-7(12)11-4-5/h1-2,4,6H,3,9H2,(H2,10,13)(H,11,12). The van der Waals surface area contributed by atoms with Crippen molar-refractivity contribution in [3.8, 4) is 0 Å². The van der Waals surface area contributed by atoms with Gasteiger partial charge in [-0.3, -0.25) is 9.59 Å². The number of primary amides is 1. The first-order valence-electron chi connectivity index (χ1n) is 3.82. The molecule has 13 heavy (non-hydrogen) atoms. The average molecular weight is 181 g/mol. The highest BCUT2D eigenvalue weighted by Crippen LogP contribution is 1.97. The third-order valence-electron chi connectivity index (χ3n) is 1.67. The third kappa shape index (κ3) is 2.72. The Kier molecular flexibility index (Phi) is 2.81. The Labute approximate surface area is 74.7 Å². The van der Waals surface area contributed by atoms with Gasteiger partial charge in [0, 0.05) is 12.3 Å². The fourth-order valence-electron chi connectivity index (χ4n) is 0.924. The molecule has 0 aliphatic heterocycles. The highest BCUT2D eigenvalue weighted by molar-refractivity contribution is 5.79. The van der Waals surface area contributed by atoms with E-state index in [0.29, 0.717) is 6.42 Å². The minimum atomic E-state index is -0.703. The van der Waals surface area contributed by atoms with Gasteiger partial charge in [-0.1, -0.05) is 6.07 Å². The molecule has 70 valence electrons. The van der Waals surface area contributed by atoms with Crippen LogP contribution in [0.4, 0.5) is 0 Å². The predicted molar refractivity (Wildman–Crippen MR) is 47.9 cm³/mol. The number of amides is 1. The lowest BCUT2D eigenvalue weighted by atomic mass is 10.1. The van der Waals surface area contributed by atoms with E-state index in [0.717, 1.165) is 5.56 Å². The number of carbonyl (C=O) groups is 1. The highest BCUT2D eigenvalue weighted by Gasteiger charge is 2.09. The zero-order valence-corrected chi connectivity index (χ0v) is 6.99. The van der Waals surface area contributed by atoms with Crippen LogP contribution in [0, 0.1) is 0 Å². The lowest BCUT2D eigenvalue weighted by Crippen LogP contribution is -2.38. The number of rotatable bonds is 3. The first-order chi connectivity index (χ1) is 6.09. The summed E-state index contributed by atoms with van der Waals surface area (Å²) >= 11 is 0. The van der Waals surface area contributed by atoms with Crippen LogP contribution < -0.4 is 17.0 Å². The van der Waals surface area contributed by atoms with Crippen LogP contribution in [0.1, 0.15) is 5.56 Å². The minimum Gasteiger partial charge on any atom is -0.368 e. The first-order valence-corrected chi connectivity index (χ1v) is 3.82. The Morgan fingerprint density at radius 2 is 2.23 bits per heavy atom. The Balaban J connectivity index is 2.70. The van der Waals surface area contributed by atoms with Crippen LogP contribution in [-0.2, 0) is 11.2 Å². The van der Waals surface area contributed by atoms with E-state index in [-0.39, 0.29) is 5.56 Å². The van der Waals surface area contributed by atoms with Gasteiger partial charge in [-0.15, -0.1) is 0 Å². The summed E-state index contributed by atoms with van der Waals surface area (Å²) in [7, 11) is 0. The van der Waals surface area contributed by atoms with E-state index < -0.39 is 11.9 Å². The van der Waals surface area contributed by atoms with Gasteiger partial charge in [-0.05, 0) is 12.0 Å². The molecule has 0 aliphatic rings. The smallest absolute Gasteiger partial charge is 0.247 e. The van der Waals surface area contributed by atoms with Crippen LogP contribution in [0.15, 0.2) is 23.1 Å². The van der Waals surface area contributed by atoms with E-state index in [2.05, 4.69) is 4.98 Å². The summed E-state index contributed by atoms with van der Waals surface area (Å²) in [4.78, 5) is 23.7. The summed E-state index contributed by atoms with van der Waals surface area (Å²) in [6.07, 6.45) is 1.86. The maximum Gasteiger partial charge on any atom is 0.247 e. The summed E-state index contributed by atoms with van der Waals surface area (Å²) in [6, 6.07) is 2.29. The third-order valence-corrected chi connectivity index (χ3v) is 1.67. The first kappa shape index (κ1) is 9.47. The van der Waals surface area contributed by atoms with Gasteiger partial charge in [0.05, 0.1) is 6.04 Å². The van der Waals surface area contributed by atoms with Crippen LogP contribution in [0.2, 0.25) is 0 Å². The molecule has 1 amide bonds. The van der Waals surface area contributed by atoms with Crippen LogP contribution in [0.5, 0.6) is 0 Å². The van der Waals surface area contributed by atoms with Crippen molar-refractivity contribution in [3.63, 3.8) is 0 Å². The SMILES string of the molecule is NC(=O)C(N)Cc1ccc(=O)[nH]c1. The topological polar surface area (TPSA) is 102 Å². The van der Waals surface area contributed by atoms with Crippen molar-refractivity contribution >= 4 is 5.91 Å². The van der Waals surface area contributed by atoms with Gasteiger partial charge < -0.3 is 16.5 Å². The fourth-order valence-corrected chi connectivity index (χ4v) is 0.924. The molecule has 0 saturated heterocycles. The van der Waals surface area contributed by atoms with E-state index in [1.165, 1.54) is 12.3 Å². The number of nitrogens with one attached hydrogen (secondary N) is 1. The van der Waals surface area contributed by atoms with Gasteiger partial charge in [0.1, 0.15) is 0 Å². The monoisotopic (exact) mass is 181 g/mol. The summed E-state index contributed by atoms with van der Waals surface area (Å²) in [5.41, 5.74) is 11.0. The maximum absolute atomic E-state index is 10.7. The highest BCUT2D eigenvalue weighted by atomic mass is 16.1. The van der Waals surface area contributed by atoms with E-state index >= 15 is 0 Å². The normalized spacial score (nSPS) is 12.4. The van der Waals surface area contributed by atoms with E-state index in [9.17, 15) is 9.59 Å². The van der Waals surface area contributed by atoms with Gasteiger partial charge in [0.2, 0.25) is 11.5 Å². The molecule has 5 heteroatoms. The quantitative estimate of drug-likeness (QED) is 0.541. The van der Waals surface area contributed by atoms with Crippen molar-refractivity contribution in [2.24, 2.45) is 11.5 Å². The summed E-state index contributed by atoms with van der Waals surface area (Å²) in [6.45, 7) is 0. The van der Waals surface area contributed by atoms with Crippen LogP contribution in [0.25, 0.3) is 0 Å². The van der Waals surface area contributed by atoms with Crippen molar-refractivity contribution in [1.29, 1.82) is 0 Å².